The van der Waals surface area contributed by atoms with Gasteiger partial charge < -0.3 is 10.0 Å². The third-order valence-electron chi connectivity index (χ3n) is 4.60. The van der Waals surface area contributed by atoms with E-state index in [-0.39, 0.29) is 24.1 Å². The minimum atomic E-state index is -0.775. The van der Waals surface area contributed by atoms with E-state index in [1.807, 2.05) is 13.0 Å². The van der Waals surface area contributed by atoms with Gasteiger partial charge in [-0.3, -0.25) is 9.59 Å². The van der Waals surface area contributed by atoms with Crippen molar-refractivity contribution in [3.05, 3.63) is 46.6 Å². The maximum atomic E-state index is 13.1. The summed E-state index contributed by atoms with van der Waals surface area (Å²) < 4.78 is 13.1. The number of aliphatic carboxylic acids is 1. The first-order valence-electron chi connectivity index (χ1n) is 8.31. The Labute approximate surface area is 149 Å². The Morgan fingerprint density at radius 1 is 1.24 bits per heavy atom. The summed E-state index contributed by atoms with van der Waals surface area (Å²) in [7, 11) is 0. The van der Waals surface area contributed by atoms with E-state index in [2.05, 4.69) is 0 Å². The fraction of sp³-hybridized carbons (Fsp3) is 0.368. The zero-order chi connectivity index (χ0) is 18.0. The van der Waals surface area contributed by atoms with E-state index < -0.39 is 5.97 Å². The summed E-state index contributed by atoms with van der Waals surface area (Å²) in [5.41, 5.74) is 1.91. The molecule has 0 spiro atoms. The summed E-state index contributed by atoms with van der Waals surface area (Å²) >= 11 is 1.42. The van der Waals surface area contributed by atoms with Gasteiger partial charge in [0, 0.05) is 24.4 Å². The van der Waals surface area contributed by atoms with Crippen LogP contribution in [0.1, 0.15) is 34.5 Å². The molecule has 1 aromatic carbocycles. The maximum Gasteiger partial charge on any atom is 0.303 e. The lowest BCUT2D eigenvalue weighted by atomic mass is 9.93. The van der Waals surface area contributed by atoms with Crippen molar-refractivity contribution in [3.8, 4) is 10.4 Å². The Hall–Kier alpha value is -2.21. The third kappa shape index (κ3) is 4.07. The fourth-order valence-electron chi connectivity index (χ4n) is 3.22. The largest absolute Gasteiger partial charge is 0.481 e. The second-order valence-electron chi connectivity index (χ2n) is 6.46. The average Bonchev–Trinajstić information content (AvgIpc) is 2.97. The van der Waals surface area contributed by atoms with E-state index in [0.717, 1.165) is 28.8 Å². The van der Waals surface area contributed by atoms with E-state index in [4.69, 9.17) is 5.11 Å². The molecule has 1 N–H and O–H groups in total. The molecule has 1 aliphatic heterocycles. The van der Waals surface area contributed by atoms with Crippen molar-refractivity contribution in [2.24, 2.45) is 5.92 Å². The van der Waals surface area contributed by atoms with Gasteiger partial charge in [0.2, 0.25) is 0 Å². The minimum Gasteiger partial charge on any atom is -0.481 e. The molecule has 0 radical (unpaired) electrons. The van der Waals surface area contributed by atoms with Crippen molar-refractivity contribution in [1.82, 2.24) is 4.90 Å². The van der Waals surface area contributed by atoms with Crippen LogP contribution in [0.4, 0.5) is 4.39 Å². The molecule has 1 aromatic heterocycles. The smallest absolute Gasteiger partial charge is 0.303 e. The third-order valence-corrected chi connectivity index (χ3v) is 5.87. The topological polar surface area (TPSA) is 57.6 Å². The van der Waals surface area contributed by atoms with E-state index in [1.165, 1.54) is 23.5 Å². The average molecular weight is 361 g/mol. The number of carbonyl (C=O) groups is 2. The normalized spacial score (nSPS) is 15.4. The molecule has 132 valence electrons. The molecule has 1 aliphatic rings. The first-order valence-corrected chi connectivity index (χ1v) is 9.13. The molecule has 3 rings (SSSR count). The molecule has 6 heteroatoms. The van der Waals surface area contributed by atoms with Crippen LogP contribution in [-0.2, 0) is 4.79 Å². The first-order chi connectivity index (χ1) is 11.9. The Morgan fingerprint density at radius 3 is 2.48 bits per heavy atom. The molecule has 0 aliphatic carbocycles. The molecule has 0 saturated carbocycles. The highest BCUT2D eigenvalue weighted by atomic mass is 32.1. The number of thiophene rings is 1. The van der Waals surface area contributed by atoms with E-state index in [1.54, 1.807) is 17.0 Å². The summed E-state index contributed by atoms with van der Waals surface area (Å²) in [6.07, 6.45) is 1.63. The number of likely N-dealkylation sites (tertiary alicyclic amines) is 1. The number of carbonyl (C=O) groups excluding carboxylic acids is 1. The monoisotopic (exact) mass is 361 g/mol. The Morgan fingerprint density at radius 2 is 1.88 bits per heavy atom. The predicted molar refractivity (Wildman–Crippen MR) is 95.3 cm³/mol. The summed E-state index contributed by atoms with van der Waals surface area (Å²) in [5.74, 6) is -0.905. The van der Waals surface area contributed by atoms with Crippen molar-refractivity contribution >= 4 is 23.2 Å². The highest BCUT2D eigenvalue weighted by molar-refractivity contribution is 7.17. The van der Waals surface area contributed by atoms with Crippen LogP contribution < -0.4 is 0 Å². The quantitative estimate of drug-likeness (QED) is 0.888. The van der Waals surface area contributed by atoms with Gasteiger partial charge >= 0.3 is 5.97 Å². The molecule has 25 heavy (non-hydrogen) atoms. The summed E-state index contributed by atoms with van der Waals surface area (Å²) in [6, 6.07) is 8.17. The summed E-state index contributed by atoms with van der Waals surface area (Å²) in [4.78, 5) is 27.0. The van der Waals surface area contributed by atoms with Gasteiger partial charge in [-0.2, -0.15) is 0 Å². The van der Waals surface area contributed by atoms with Gasteiger partial charge in [-0.1, -0.05) is 12.1 Å². The van der Waals surface area contributed by atoms with E-state index >= 15 is 0 Å². The zero-order valence-electron chi connectivity index (χ0n) is 14.0. The second kappa shape index (κ2) is 7.35. The number of amides is 1. The molecule has 1 saturated heterocycles. The highest BCUT2D eigenvalue weighted by Crippen LogP contribution is 2.33. The van der Waals surface area contributed by atoms with Crippen molar-refractivity contribution < 1.29 is 19.1 Å². The molecule has 0 bridgehead atoms. The first kappa shape index (κ1) is 17.6. The molecule has 0 unspecified atom stereocenters. The summed E-state index contributed by atoms with van der Waals surface area (Å²) in [5, 5.41) is 8.88. The number of carboxylic acid groups (broad SMARTS) is 1. The lowest BCUT2D eigenvalue weighted by Gasteiger charge is -2.31. The SMILES string of the molecule is Cc1cc(C(=O)N2CCC(CC(=O)O)CC2)sc1-c1ccc(F)cc1. The van der Waals surface area contributed by atoms with Crippen LogP contribution in [-0.4, -0.2) is 35.0 Å². The molecule has 2 heterocycles. The van der Waals surface area contributed by atoms with Gasteiger partial charge in [0.1, 0.15) is 5.82 Å². The number of benzene rings is 1. The number of piperidine rings is 1. The lowest BCUT2D eigenvalue weighted by molar-refractivity contribution is -0.138. The molecule has 2 aromatic rings. The van der Waals surface area contributed by atoms with Gasteiger partial charge in [0.15, 0.2) is 0 Å². The van der Waals surface area contributed by atoms with Crippen LogP contribution in [0.25, 0.3) is 10.4 Å². The van der Waals surface area contributed by atoms with Gasteiger partial charge in [0.05, 0.1) is 4.88 Å². The van der Waals surface area contributed by atoms with Crippen LogP contribution in [0.3, 0.4) is 0 Å². The molecular weight excluding hydrogens is 341 g/mol. The minimum absolute atomic E-state index is 0.00441. The molecule has 1 fully saturated rings. The van der Waals surface area contributed by atoms with Crippen LogP contribution in [0.2, 0.25) is 0 Å². The Balaban J connectivity index is 1.70. The van der Waals surface area contributed by atoms with Gasteiger partial charge in [-0.15, -0.1) is 11.3 Å². The lowest BCUT2D eigenvalue weighted by Crippen LogP contribution is -2.38. The second-order valence-corrected chi connectivity index (χ2v) is 7.52. The van der Waals surface area contributed by atoms with Crippen molar-refractivity contribution in [3.63, 3.8) is 0 Å². The number of halogens is 1. The van der Waals surface area contributed by atoms with Crippen LogP contribution in [0.5, 0.6) is 0 Å². The number of aryl methyl sites for hydroxylation is 1. The molecule has 0 atom stereocenters. The summed E-state index contributed by atoms with van der Waals surface area (Å²) in [6.45, 7) is 3.14. The van der Waals surface area contributed by atoms with Crippen LogP contribution >= 0.6 is 11.3 Å². The fourth-order valence-corrected chi connectivity index (χ4v) is 4.36. The number of hydrogen-bond donors (Lipinski definition) is 1. The standard InChI is InChI=1S/C19H20FNO3S/c1-12-10-16(25-18(12)14-2-4-15(20)5-3-14)19(24)21-8-6-13(7-9-21)11-17(22)23/h2-5,10,13H,6-9,11H2,1H3,(H,22,23). The predicted octanol–water partition coefficient (Wildman–Crippen LogP) is 4.19. The number of nitrogens with zero attached hydrogens (tertiary/aromatic N) is 1. The van der Waals surface area contributed by atoms with Crippen molar-refractivity contribution in [1.29, 1.82) is 0 Å². The van der Waals surface area contributed by atoms with Gasteiger partial charge in [-0.25, -0.2) is 4.39 Å². The Kier molecular flexibility index (Phi) is 5.18. The number of hydrogen-bond acceptors (Lipinski definition) is 3. The molecule has 4 nitrogen and oxygen atoms in total. The van der Waals surface area contributed by atoms with Gasteiger partial charge in [0.25, 0.3) is 5.91 Å². The Bertz CT molecular complexity index is 776. The van der Waals surface area contributed by atoms with E-state index in [9.17, 15) is 14.0 Å². The van der Waals surface area contributed by atoms with Crippen LogP contribution in [0, 0.1) is 18.7 Å². The van der Waals surface area contributed by atoms with Crippen molar-refractivity contribution in [2.75, 3.05) is 13.1 Å². The molecular formula is C19H20FNO3S. The number of rotatable bonds is 4. The van der Waals surface area contributed by atoms with E-state index in [0.29, 0.717) is 18.0 Å². The maximum absolute atomic E-state index is 13.1. The highest BCUT2D eigenvalue weighted by Gasteiger charge is 2.26. The molecule has 1 amide bonds. The van der Waals surface area contributed by atoms with Crippen LogP contribution in [0.15, 0.2) is 30.3 Å². The number of carboxylic acids is 1. The van der Waals surface area contributed by atoms with Crippen molar-refractivity contribution in [2.45, 2.75) is 26.2 Å². The zero-order valence-corrected chi connectivity index (χ0v) is 14.8. The van der Waals surface area contributed by atoms with Gasteiger partial charge in [-0.05, 0) is 55.0 Å².